The van der Waals surface area contributed by atoms with Gasteiger partial charge in [-0.1, -0.05) is 30.3 Å². The van der Waals surface area contributed by atoms with E-state index in [1.165, 1.54) is 5.56 Å². The fourth-order valence-electron chi connectivity index (χ4n) is 1.78. The van der Waals surface area contributed by atoms with Crippen LogP contribution >= 0.6 is 0 Å². The first-order valence-corrected chi connectivity index (χ1v) is 5.78. The van der Waals surface area contributed by atoms with E-state index < -0.39 is 5.97 Å². The Morgan fingerprint density at radius 2 is 1.94 bits per heavy atom. The number of para-hydroxylation sites is 1. The minimum Gasteiger partial charge on any atom is -0.478 e. The molecule has 92 valence electrons. The van der Waals surface area contributed by atoms with Crippen LogP contribution in [0.4, 0.5) is 5.69 Å². The Bertz CT molecular complexity index is 564. The number of carboxylic acids is 1. The number of rotatable bonds is 4. The Kier molecular flexibility index (Phi) is 3.63. The van der Waals surface area contributed by atoms with Gasteiger partial charge < -0.3 is 10.4 Å². The van der Waals surface area contributed by atoms with Crippen LogP contribution in [0.1, 0.15) is 21.5 Å². The minimum absolute atomic E-state index is 0.319. The van der Waals surface area contributed by atoms with Gasteiger partial charge in [-0.15, -0.1) is 0 Å². The molecule has 0 aromatic heterocycles. The second-order valence-corrected chi connectivity index (χ2v) is 4.17. The number of anilines is 1. The molecule has 0 aliphatic carbocycles. The van der Waals surface area contributed by atoms with Crippen molar-refractivity contribution >= 4 is 11.7 Å². The molecule has 3 heteroatoms. The van der Waals surface area contributed by atoms with Gasteiger partial charge in [0.25, 0.3) is 0 Å². The first kappa shape index (κ1) is 12.2. The summed E-state index contributed by atoms with van der Waals surface area (Å²) < 4.78 is 0. The van der Waals surface area contributed by atoms with Crippen molar-refractivity contribution in [2.45, 2.75) is 13.5 Å². The van der Waals surface area contributed by atoms with Crippen LogP contribution < -0.4 is 5.32 Å². The molecule has 0 fully saturated rings. The summed E-state index contributed by atoms with van der Waals surface area (Å²) in [6.07, 6.45) is 0. The highest BCUT2D eigenvalue weighted by molar-refractivity contribution is 5.87. The second-order valence-electron chi connectivity index (χ2n) is 4.17. The zero-order chi connectivity index (χ0) is 13.0. The molecule has 18 heavy (non-hydrogen) atoms. The average Bonchev–Trinajstić information content (AvgIpc) is 2.38. The number of aryl methyl sites for hydroxylation is 1. The third-order valence-corrected chi connectivity index (χ3v) is 2.80. The maximum Gasteiger partial charge on any atom is 0.335 e. The van der Waals surface area contributed by atoms with Gasteiger partial charge in [0.05, 0.1) is 5.56 Å². The SMILES string of the molecule is Cc1ccccc1NCc1cccc(C(=O)O)c1. The quantitative estimate of drug-likeness (QED) is 0.863. The van der Waals surface area contributed by atoms with Crippen molar-refractivity contribution in [3.05, 3.63) is 65.2 Å². The molecule has 0 unspecified atom stereocenters. The number of hydrogen-bond acceptors (Lipinski definition) is 2. The lowest BCUT2D eigenvalue weighted by molar-refractivity contribution is 0.0697. The maximum absolute atomic E-state index is 10.9. The molecule has 0 atom stereocenters. The predicted octanol–water partition coefficient (Wildman–Crippen LogP) is 3.31. The van der Waals surface area contributed by atoms with Gasteiger partial charge in [0.1, 0.15) is 0 Å². The van der Waals surface area contributed by atoms with Gasteiger partial charge in [0.15, 0.2) is 0 Å². The second kappa shape index (κ2) is 5.36. The zero-order valence-electron chi connectivity index (χ0n) is 10.2. The summed E-state index contributed by atoms with van der Waals surface area (Å²) in [5, 5.41) is 12.2. The van der Waals surface area contributed by atoms with Crippen molar-refractivity contribution in [1.82, 2.24) is 0 Å². The number of hydrogen-bond donors (Lipinski definition) is 2. The molecule has 2 rings (SSSR count). The normalized spacial score (nSPS) is 10.1. The highest BCUT2D eigenvalue weighted by Crippen LogP contribution is 2.15. The number of carbonyl (C=O) groups is 1. The molecule has 0 aliphatic rings. The van der Waals surface area contributed by atoms with Crippen LogP contribution in [0.2, 0.25) is 0 Å². The topological polar surface area (TPSA) is 49.3 Å². The van der Waals surface area contributed by atoms with Gasteiger partial charge in [-0.3, -0.25) is 0 Å². The monoisotopic (exact) mass is 241 g/mol. The van der Waals surface area contributed by atoms with E-state index in [0.717, 1.165) is 11.3 Å². The number of aromatic carboxylic acids is 1. The number of nitrogens with one attached hydrogen (secondary N) is 1. The molecule has 0 saturated carbocycles. The van der Waals surface area contributed by atoms with E-state index >= 15 is 0 Å². The lowest BCUT2D eigenvalue weighted by atomic mass is 10.1. The summed E-state index contributed by atoms with van der Waals surface area (Å²) in [4.78, 5) is 10.9. The fraction of sp³-hybridized carbons (Fsp3) is 0.133. The first-order valence-electron chi connectivity index (χ1n) is 5.78. The summed E-state index contributed by atoms with van der Waals surface area (Å²) >= 11 is 0. The smallest absolute Gasteiger partial charge is 0.335 e. The van der Waals surface area contributed by atoms with E-state index in [0.29, 0.717) is 12.1 Å². The minimum atomic E-state index is -0.896. The van der Waals surface area contributed by atoms with Crippen LogP contribution in [0, 0.1) is 6.92 Å². The third-order valence-electron chi connectivity index (χ3n) is 2.80. The third kappa shape index (κ3) is 2.88. The van der Waals surface area contributed by atoms with E-state index in [9.17, 15) is 4.79 Å². The van der Waals surface area contributed by atoms with E-state index in [-0.39, 0.29) is 0 Å². The molecule has 0 radical (unpaired) electrons. The van der Waals surface area contributed by atoms with Gasteiger partial charge in [0, 0.05) is 12.2 Å². The first-order chi connectivity index (χ1) is 8.66. The van der Waals surface area contributed by atoms with Crippen LogP contribution in [0.3, 0.4) is 0 Å². The predicted molar refractivity (Wildman–Crippen MR) is 71.9 cm³/mol. The van der Waals surface area contributed by atoms with Crippen LogP contribution in [0.5, 0.6) is 0 Å². The Labute approximate surface area is 106 Å². The van der Waals surface area contributed by atoms with Crippen LogP contribution in [0.25, 0.3) is 0 Å². The lowest BCUT2D eigenvalue weighted by Gasteiger charge is -2.09. The van der Waals surface area contributed by atoms with Gasteiger partial charge in [-0.05, 0) is 36.2 Å². The Morgan fingerprint density at radius 3 is 2.67 bits per heavy atom. The van der Waals surface area contributed by atoms with Crippen LogP contribution in [-0.2, 0) is 6.54 Å². The summed E-state index contributed by atoms with van der Waals surface area (Å²) in [6, 6.07) is 15.0. The summed E-state index contributed by atoms with van der Waals surface area (Å²) in [5.41, 5.74) is 3.52. The molecule has 0 bridgehead atoms. The van der Waals surface area contributed by atoms with E-state index in [1.54, 1.807) is 18.2 Å². The molecule has 0 amide bonds. The molecular weight excluding hydrogens is 226 g/mol. The highest BCUT2D eigenvalue weighted by Gasteiger charge is 2.03. The summed E-state index contributed by atoms with van der Waals surface area (Å²) in [5.74, 6) is -0.896. The largest absolute Gasteiger partial charge is 0.478 e. The van der Waals surface area contributed by atoms with E-state index in [4.69, 9.17) is 5.11 Å². The molecule has 0 heterocycles. The van der Waals surface area contributed by atoms with Gasteiger partial charge >= 0.3 is 5.97 Å². The van der Waals surface area contributed by atoms with Gasteiger partial charge in [0.2, 0.25) is 0 Å². The standard InChI is InChI=1S/C15H15NO2/c1-11-5-2-3-8-14(11)16-10-12-6-4-7-13(9-12)15(17)18/h2-9,16H,10H2,1H3,(H,17,18). The Morgan fingerprint density at radius 1 is 1.17 bits per heavy atom. The van der Waals surface area contributed by atoms with Crippen LogP contribution in [-0.4, -0.2) is 11.1 Å². The molecule has 2 aromatic rings. The summed E-state index contributed by atoms with van der Waals surface area (Å²) in [7, 11) is 0. The van der Waals surface area contributed by atoms with Crippen molar-refractivity contribution in [3.63, 3.8) is 0 Å². The van der Waals surface area contributed by atoms with Crippen molar-refractivity contribution in [3.8, 4) is 0 Å². The van der Waals surface area contributed by atoms with Crippen molar-refractivity contribution < 1.29 is 9.90 Å². The Hall–Kier alpha value is -2.29. The molecule has 0 aliphatic heterocycles. The molecular formula is C15H15NO2. The molecule has 0 saturated heterocycles. The molecule has 3 nitrogen and oxygen atoms in total. The molecule has 2 N–H and O–H groups in total. The van der Waals surface area contributed by atoms with Crippen molar-refractivity contribution in [1.29, 1.82) is 0 Å². The zero-order valence-corrected chi connectivity index (χ0v) is 10.2. The van der Waals surface area contributed by atoms with Crippen LogP contribution in [0.15, 0.2) is 48.5 Å². The molecule has 2 aromatic carbocycles. The van der Waals surface area contributed by atoms with E-state index in [1.807, 2.05) is 37.3 Å². The highest BCUT2D eigenvalue weighted by atomic mass is 16.4. The average molecular weight is 241 g/mol. The van der Waals surface area contributed by atoms with E-state index in [2.05, 4.69) is 5.32 Å². The van der Waals surface area contributed by atoms with Gasteiger partial charge in [-0.25, -0.2) is 4.79 Å². The number of benzene rings is 2. The van der Waals surface area contributed by atoms with Crippen molar-refractivity contribution in [2.75, 3.05) is 5.32 Å². The van der Waals surface area contributed by atoms with Gasteiger partial charge in [-0.2, -0.15) is 0 Å². The molecule has 0 spiro atoms. The fourth-order valence-corrected chi connectivity index (χ4v) is 1.78. The number of carboxylic acid groups (broad SMARTS) is 1. The van der Waals surface area contributed by atoms with Crippen molar-refractivity contribution in [2.24, 2.45) is 0 Å². The lowest BCUT2D eigenvalue weighted by Crippen LogP contribution is -2.03. The summed E-state index contributed by atoms with van der Waals surface area (Å²) in [6.45, 7) is 2.65. The Balaban J connectivity index is 2.09. The maximum atomic E-state index is 10.9.